The number of hydrogen-bond acceptors (Lipinski definition) is 6. The minimum Gasteiger partial charge on any atom is -0.481 e. The van der Waals surface area contributed by atoms with E-state index in [1.165, 1.54) is 57.2 Å². The van der Waals surface area contributed by atoms with Crippen molar-refractivity contribution in [3.05, 3.63) is 70.0 Å². The van der Waals surface area contributed by atoms with Crippen LogP contribution in [0.3, 0.4) is 0 Å². The number of aliphatic carboxylic acids is 1. The van der Waals surface area contributed by atoms with Crippen LogP contribution in [0.1, 0.15) is 121 Å². The lowest BCUT2D eigenvalue weighted by Crippen LogP contribution is -2.31. The second kappa shape index (κ2) is 22.8. The molecule has 0 saturated carbocycles. The van der Waals surface area contributed by atoms with E-state index in [0.717, 1.165) is 96.8 Å². The molecule has 12 nitrogen and oxygen atoms in total. The first-order valence-electron chi connectivity index (χ1n) is 24.6. The Morgan fingerprint density at radius 3 is 1.53 bits per heavy atom. The number of nitrogens with one attached hydrogen (secondary N) is 1. The number of alkyl halides is 2. The molecule has 8 rings (SSSR count). The second-order valence-electron chi connectivity index (χ2n) is 19.0. The van der Waals surface area contributed by atoms with Gasteiger partial charge in [-0.3, -0.25) is 19.2 Å². The number of carboxylic acid groups (broad SMARTS) is 1. The van der Waals surface area contributed by atoms with Gasteiger partial charge in [-0.05, 0) is 162 Å². The molecule has 2 aliphatic heterocycles. The maximum absolute atomic E-state index is 13.1. The lowest BCUT2D eigenvalue weighted by Gasteiger charge is -2.33. The molecule has 66 heavy (non-hydrogen) atoms. The molecule has 2 aromatic carbocycles. The van der Waals surface area contributed by atoms with E-state index in [9.17, 15) is 28.0 Å². The number of amides is 3. The molecule has 2 fully saturated rings. The number of nitrogens with zero attached hydrogens (tertiary/aromatic N) is 4. The lowest BCUT2D eigenvalue weighted by atomic mass is 9.75. The zero-order valence-corrected chi connectivity index (χ0v) is 39.6. The number of carbonyl (C=O) groups is 4. The van der Waals surface area contributed by atoms with Gasteiger partial charge in [0.15, 0.2) is 0 Å². The van der Waals surface area contributed by atoms with Gasteiger partial charge in [-0.1, -0.05) is 0 Å². The number of fused-ring (bicyclic) bond motifs is 6. The van der Waals surface area contributed by atoms with Gasteiger partial charge in [0.25, 0.3) is 18.2 Å². The smallest absolute Gasteiger partial charge is 0.303 e. The molecule has 0 radical (unpaired) electrons. The standard InChI is InChI=1S/C27H37F2N3O3.C25H34N2O4/c1-3-32-23-8-6-19(18-10-13-35-14-11-18)15-21(23)22-16-20(7-9-24(22)32)27(34)31(2)12-4-5-26(33)30-17-25(28)29;1-3-27-22-8-6-18(17-10-13-31-14-11-17)15-20(22)21-16-19(7-9-23(21)27)25(30)26(2)12-4-5-24(28)29/h7,9,16,18-19,25H,3-6,8,10-15,17H2,1-2H3,(H,30,33);7,9,16-18H,3-6,8,10-15H2,1-2H3,(H,28,29). The van der Waals surface area contributed by atoms with Crippen molar-refractivity contribution in [3.63, 3.8) is 0 Å². The fraction of sp³-hybridized carbons (Fsp3) is 0.615. The first-order chi connectivity index (χ1) is 31.9. The highest BCUT2D eigenvalue weighted by Crippen LogP contribution is 2.41. The summed E-state index contributed by atoms with van der Waals surface area (Å²) in [5.74, 6) is 1.45. The predicted molar refractivity (Wildman–Crippen MR) is 252 cm³/mol. The number of ether oxygens (including phenoxy) is 2. The predicted octanol–water partition coefficient (Wildman–Crippen LogP) is 8.56. The van der Waals surface area contributed by atoms with Gasteiger partial charge in [-0.15, -0.1) is 0 Å². The number of carbonyl (C=O) groups excluding carboxylic acids is 3. The van der Waals surface area contributed by atoms with E-state index < -0.39 is 24.8 Å². The lowest BCUT2D eigenvalue weighted by molar-refractivity contribution is -0.137. The van der Waals surface area contributed by atoms with Gasteiger partial charge >= 0.3 is 5.97 Å². The summed E-state index contributed by atoms with van der Waals surface area (Å²) >= 11 is 0. The van der Waals surface area contributed by atoms with Gasteiger partial charge in [0.05, 0.1) is 6.54 Å². The van der Waals surface area contributed by atoms with Crippen LogP contribution < -0.4 is 5.32 Å². The third-order valence-electron chi connectivity index (χ3n) is 14.9. The number of benzene rings is 2. The second-order valence-corrected chi connectivity index (χ2v) is 19.0. The first kappa shape index (κ1) is 49.1. The van der Waals surface area contributed by atoms with E-state index in [-0.39, 0.29) is 24.7 Å². The molecule has 0 bridgehead atoms. The summed E-state index contributed by atoms with van der Waals surface area (Å²) in [7, 11) is 3.47. The monoisotopic (exact) mass is 916 g/mol. The van der Waals surface area contributed by atoms with Gasteiger partial charge in [0, 0.05) is 124 Å². The van der Waals surface area contributed by atoms with Crippen LogP contribution in [0.4, 0.5) is 8.78 Å². The van der Waals surface area contributed by atoms with Crippen LogP contribution in [-0.4, -0.2) is 114 Å². The van der Waals surface area contributed by atoms with Crippen molar-refractivity contribution >= 4 is 45.5 Å². The van der Waals surface area contributed by atoms with Crippen molar-refractivity contribution in [1.82, 2.24) is 24.3 Å². The highest BCUT2D eigenvalue weighted by molar-refractivity contribution is 6.00. The van der Waals surface area contributed by atoms with E-state index >= 15 is 0 Å². The highest BCUT2D eigenvalue weighted by atomic mass is 19.3. The maximum atomic E-state index is 13.1. The van der Waals surface area contributed by atoms with E-state index in [1.807, 2.05) is 18.2 Å². The van der Waals surface area contributed by atoms with Crippen molar-refractivity contribution < 1.29 is 42.5 Å². The summed E-state index contributed by atoms with van der Waals surface area (Å²) in [5.41, 5.74) is 9.45. The van der Waals surface area contributed by atoms with Crippen molar-refractivity contribution in [3.8, 4) is 0 Å². The Balaban J connectivity index is 0.000000198. The van der Waals surface area contributed by atoms with Crippen LogP contribution >= 0.6 is 0 Å². The van der Waals surface area contributed by atoms with Crippen LogP contribution in [0.25, 0.3) is 21.8 Å². The Kier molecular flexibility index (Phi) is 16.9. The van der Waals surface area contributed by atoms with E-state index in [1.54, 1.807) is 23.9 Å². The summed E-state index contributed by atoms with van der Waals surface area (Å²) < 4.78 is 40.4. The minimum absolute atomic E-state index is 0.0397. The normalized spacial score (nSPS) is 19.0. The van der Waals surface area contributed by atoms with Crippen LogP contribution in [0.2, 0.25) is 0 Å². The average molecular weight is 916 g/mol. The molecule has 2 aromatic heterocycles. The first-order valence-corrected chi connectivity index (χ1v) is 24.6. The molecule has 4 aliphatic rings. The summed E-state index contributed by atoms with van der Waals surface area (Å²) in [4.78, 5) is 51.8. The molecule has 0 spiro atoms. The molecular weight excluding hydrogens is 845 g/mol. The summed E-state index contributed by atoms with van der Waals surface area (Å²) in [6.45, 7) is 9.92. The number of halogens is 2. The quantitative estimate of drug-likeness (QED) is 0.115. The van der Waals surface area contributed by atoms with Crippen LogP contribution in [0, 0.1) is 23.7 Å². The molecule has 3 amide bonds. The van der Waals surface area contributed by atoms with Crippen LogP contribution in [0.5, 0.6) is 0 Å². The van der Waals surface area contributed by atoms with Crippen molar-refractivity contribution in [2.45, 2.75) is 123 Å². The van der Waals surface area contributed by atoms with E-state index in [0.29, 0.717) is 54.8 Å². The van der Waals surface area contributed by atoms with E-state index in [4.69, 9.17) is 14.6 Å². The Hall–Kier alpha value is -4.82. The van der Waals surface area contributed by atoms with Crippen LogP contribution in [0.15, 0.2) is 36.4 Å². The summed E-state index contributed by atoms with van der Waals surface area (Å²) in [6, 6.07) is 12.1. The molecule has 2 aliphatic carbocycles. The largest absolute Gasteiger partial charge is 0.481 e. The molecule has 2 N–H and O–H groups in total. The fourth-order valence-corrected chi connectivity index (χ4v) is 11.4. The summed E-state index contributed by atoms with van der Waals surface area (Å²) in [6.07, 6.45) is 9.94. The van der Waals surface area contributed by atoms with Gasteiger partial charge < -0.3 is 38.8 Å². The zero-order chi connectivity index (χ0) is 46.9. The number of rotatable bonds is 16. The topological polar surface area (TPSA) is 135 Å². The van der Waals surface area contributed by atoms with Gasteiger partial charge in [-0.25, -0.2) is 8.78 Å². The SMILES string of the molecule is CCn1c2c(c3cc(C(=O)N(C)CCCC(=O)NCC(F)F)ccc31)CC(C1CCOCC1)CC2.CCn1c2c(c3cc(C(=O)N(C)CCCC(=O)O)ccc31)CC(C1CCOCC1)CC2. The molecule has 4 aromatic rings. The Morgan fingerprint density at radius 2 is 1.12 bits per heavy atom. The Bertz CT molecular complexity index is 2330. The molecule has 14 heteroatoms. The molecule has 2 atom stereocenters. The third kappa shape index (κ3) is 11.5. The average Bonchev–Trinajstić information content (AvgIpc) is 3.83. The molecule has 2 unspecified atom stereocenters. The van der Waals surface area contributed by atoms with E-state index in [2.05, 4.69) is 46.5 Å². The molecule has 360 valence electrons. The number of carboxylic acids is 1. The number of aromatic nitrogens is 2. The van der Waals surface area contributed by atoms with Gasteiger partial charge in [0.1, 0.15) is 0 Å². The number of aryl methyl sites for hydroxylation is 2. The maximum Gasteiger partial charge on any atom is 0.303 e. The molecule has 4 heterocycles. The number of hydrogen-bond donors (Lipinski definition) is 2. The Labute approximate surface area is 388 Å². The third-order valence-corrected chi connectivity index (χ3v) is 14.9. The molecule has 2 saturated heterocycles. The van der Waals surface area contributed by atoms with Crippen molar-refractivity contribution in [2.24, 2.45) is 23.7 Å². The highest BCUT2D eigenvalue weighted by Gasteiger charge is 2.33. The van der Waals surface area contributed by atoms with Gasteiger partial charge in [-0.2, -0.15) is 0 Å². The fourth-order valence-electron chi connectivity index (χ4n) is 11.4. The Morgan fingerprint density at radius 1 is 0.682 bits per heavy atom. The van der Waals surface area contributed by atoms with Crippen LogP contribution in [-0.2, 0) is 57.8 Å². The van der Waals surface area contributed by atoms with Crippen molar-refractivity contribution in [1.29, 1.82) is 0 Å². The zero-order valence-electron chi connectivity index (χ0n) is 39.6. The van der Waals surface area contributed by atoms with Crippen molar-refractivity contribution in [2.75, 3.05) is 60.2 Å². The minimum atomic E-state index is -2.56. The van der Waals surface area contributed by atoms with Gasteiger partial charge in [0.2, 0.25) is 5.91 Å². The summed E-state index contributed by atoms with van der Waals surface area (Å²) in [5, 5.41) is 13.4. The molecular formula is C52H71F2N5O7.